The first-order valence-electron chi connectivity index (χ1n) is 5.55. The van der Waals surface area contributed by atoms with Crippen LogP contribution in [0, 0.1) is 5.82 Å². The normalized spacial score (nSPS) is 10.5. The highest BCUT2D eigenvalue weighted by Crippen LogP contribution is 2.31. The van der Waals surface area contributed by atoms with Crippen LogP contribution >= 0.6 is 11.3 Å². The Labute approximate surface area is 108 Å². The monoisotopic (exact) mass is 258 g/mol. The summed E-state index contributed by atoms with van der Waals surface area (Å²) in [4.78, 5) is 4.11. The topological polar surface area (TPSA) is 27.8 Å². The average Bonchev–Trinajstić information content (AvgIpc) is 3.02. The molecule has 3 rings (SSSR count). The van der Waals surface area contributed by atoms with Gasteiger partial charge in [-0.05, 0) is 29.8 Å². The Morgan fingerprint density at radius 1 is 1.06 bits per heavy atom. The summed E-state index contributed by atoms with van der Waals surface area (Å²) in [5.74, 6) is -0.207. The van der Waals surface area contributed by atoms with Gasteiger partial charge in [-0.15, -0.1) is 11.3 Å². The Balaban J connectivity index is 1.83. The van der Waals surface area contributed by atoms with Crippen LogP contribution in [0.25, 0.3) is 10.4 Å². The number of hydrogen-bond donors (Lipinski definition) is 2. The molecule has 2 aromatic heterocycles. The van der Waals surface area contributed by atoms with Crippen LogP contribution < -0.4 is 5.32 Å². The van der Waals surface area contributed by atoms with E-state index in [4.69, 9.17) is 0 Å². The van der Waals surface area contributed by atoms with E-state index in [0.29, 0.717) is 0 Å². The van der Waals surface area contributed by atoms with Gasteiger partial charge < -0.3 is 10.3 Å². The zero-order valence-electron chi connectivity index (χ0n) is 9.48. The fourth-order valence-electron chi connectivity index (χ4n) is 1.74. The van der Waals surface area contributed by atoms with Crippen LogP contribution in [0.3, 0.4) is 0 Å². The van der Waals surface area contributed by atoms with Crippen molar-refractivity contribution in [3.05, 3.63) is 60.0 Å². The first-order chi connectivity index (χ1) is 8.81. The molecule has 0 unspecified atom stereocenters. The molecule has 18 heavy (non-hydrogen) atoms. The van der Waals surface area contributed by atoms with E-state index in [0.717, 1.165) is 21.8 Å². The fourth-order valence-corrected chi connectivity index (χ4v) is 2.58. The van der Waals surface area contributed by atoms with Crippen LogP contribution in [-0.4, -0.2) is 4.98 Å². The highest BCUT2D eigenvalue weighted by molar-refractivity contribution is 7.14. The van der Waals surface area contributed by atoms with Crippen LogP contribution in [0.1, 0.15) is 0 Å². The Bertz CT molecular complexity index is 626. The van der Waals surface area contributed by atoms with Gasteiger partial charge in [0.25, 0.3) is 0 Å². The minimum Gasteiger partial charge on any atom is -0.366 e. The van der Waals surface area contributed by atoms with Gasteiger partial charge in [0.05, 0.1) is 5.69 Å². The molecule has 90 valence electrons. The summed E-state index contributed by atoms with van der Waals surface area (Å²) in [6.45, 7) is 0. The molecular formula is C14H11FN2S. The van der Waals surface area contributed by atoms with Crippen LogP contribution in [0.15, 0.2) is 54.2 Å². The molecule has 0 bridgehead atoms. The lowest BCUT2D eigenvalue weighted by Gasteiger charge is -1.99. The standard InChI is InChI=1S/C14H11FN2S/c15-11-3-1-10(2-4-11)14-7-13(9-18-14)17-12-5-6-16-8-12/h1-9,16-17H. The van der Waals surface area contributed by atoms with Crippen molar-refractivity contribution < 1.29 is 4.39 Å². The number of aromatic amines is 1. The molecule has 0 radical (unpaired) electrons. The van der Waals surface area contributed by atoms with Crippen LogP contribution in [0.4, 0.5) is 15.8 Å². The maximum Gasteiger partial charge on any atom is 0.123 e. The van der Waals surface area contributed by atoms with Gasteiger partial charge in [-0.3, -0.25) is 0 Å². The number of nitrogens with one attached hydrogen (secondary N) is 2. The van der Waals surface area contributed by atoms with Crippen LogP contribution in [0.5, 0.6) is 0 Å². The van der Waals surface area contributed by atoms with Crippen molar-refractivity contribution in [3.63, 3.8) is 0 Å². The van der Waals surface area contributed by atoms with Crippen molar-refractivity contribution in [2.24, 2.45) is 0 Å². The first-order valence-corrected chi connectivity index (χ1v) is 6.43. The van der Waals surface area contributed by atoms with Crippen LogP contribution in [-0.2, 0) is 0 Å². The second-order valence-corrected chi connectivity index (χ2v) is 4.84. The lowest BCUT2D eigenvalue weighted by atomic mass is 10.2. The van der Waals surface area contributed by atoms with Gasteiger partial charge in [-0.25, -0.2) is 4.39 Å². The number of hydrogen-bond acceptors (Lipinski definition) is 2. The highest BCUT2D eigenvalue weighted by atomic mass is 32.1. The van der Waals surface area contributed by atoms with Crippen molar-refractivity contribution in [3.8, 4) is 10.4 Å². The Kier molecular flexibility index (Phi) is 2.86. The van der Waals surface area contributed by atoms with Gasteiger partial charge in [-0.1, -0.05) is 12.1 Å². The molecule has 1 aromatic carbocycles. The number of benzene rings is 1. The van der Waals surface area contributed by atoms with Crippen molar-refractivity contribution >= 4 is 22.7 Å². The van der Waals surface area contributed by atoms with Crippen molar-refractivity contribution in [2.75, 3.05) is 5.32 Å². The van der Waals surface area contributed by atoms with E-state index >= 15 is 0 Å². The predicted molar refractivity (Wildman–Crippen MR) is 73.8 cm³/mol. The van der Waals surface area contributed by atoms with E-state index in [-0.39, 0.29) is 5.82 Å². The van der Waals surface area contributed by atoms with Gasteiger partial charge >= 0.3 is 0 Å². The van der Waals surface area contributed by atoms with Crippen LogP contribution in [0.2, 0.25) is 0 Å². The van der Waals surface area contributed by atoms with E-state index in [9.17, 15) is 4.39 Å². The van der Waals surface area contributed by atoms with Gasteiger partial charge in [0.15, 0.2) is 0 Å². The zero-order chi connectivity index (χ0) is 12.4. The van der Waals surface area contributed by atoms with Gasteiger partial charge in [0.2, 0.25) is 0 Å². The van der Waals surface area contributed by atoms with Gasteiger partial charge in [-0.2, -0.15) is 0 Å². The van der Waals surface area contributed by atoms with Gasteiger partial charge in [0, 0.05) is 28.3 Å². The molecule has 4 heteroatoms. The number of thiophene rings is 1. The third-order valence-electron chi connectivity index (χ3n) is 2.61. The smallest absolute Gasteiger partial charge is 0.123 e. The molecule has 2 N–H and O–H groups in total. The molecule has 0 fully saturated rings. The number of aromatic nitrogens is 1. The molecule has 0 aliphatic rings. The minimum atomic E-state index is -0.207. The molecule has 0 aliphatic heterocycles. The average molecular weight is 258 g/mol. The van der Waals surface area contributed by atoms with Crippen molar-refractivity contribution in [1.82, 2.24) is 4.98 Å². The Hall–Kier alpha value is -2.07. The summed E-state index contributed by atoms with van der Waals surface area (Å²) < 4.78 is 12.8. The van der Waals surface area contributed by atoms with E-state index in [1.807, 2.05) is 23.8 Å². The highest BCUT2D eigenvalue weighted by Gasteiger charge is 2.03. The molecule has 0 amide bonds. The van der Waals surface area contributed by atoms with E-state index in [1.54, 1.807) is 23.5 Å². The van der Waals surface area contributed by atoms with Gasteiger partial charge in [0.1, 0.15) is 5.82 Å². The van der Waals surface area contributed by atoms with Crippen molar-refractivity contribution in [2.45, 2.75) is 0 Å². The SMILES string of the molecule is Fc1ccc(-c2cc(Nc3cc[nH]c3)cs2)cc1. The molecule has 0 aliphatic carbocycles. The molecule has 0 saturated heterocycles. The third-order valence-corrected chi connectivity index (χ3v) is 3.59. The second kappa shape index (κ2) is 4.66. The summed E-state index contributed by atoms with van der Waals surface area (Å²) in [7, 11) is 0. The summed E-state index contributed by atoms with van der Waals surface area (Å²) >= 11 is 1.64. The number of anilines is 2. The van der Waals surface area contributed by atoms with Crippen molar-refractivity contribution in [1.29, 1.82) is 0 Å². The summed E-state index contributed by atoms with van der Waals surface area (Å²) in [6, 6.07) is 10.6. The van der Waals surface area contributed by atoms with E-state index in [1.165, 1.54) is 12.1 Å². The number of halogens is 1. The summed E-state index contributed by atoms with van der Waals surface area (Å²) in [5, 5.41) is 5.34. The van der Waals surface area contributed by atoms with E-state index < -0.39 is 0 Å². The minimum absolute atomic E-state index is 0.207. The maximum atomic E-state index is 12.8. The molecule has 0 spiro atoms. The lowest BCUT2D eigenvalue weighted by Crippen LogP contribution is -1.84. The molecule has 0 atom stereocenters. The summed E-state index contributed by atoms with van der Waals surface area (Å²) in [6.07, 6.45) is 3.77. The largest absolute Gasteiger partial charge is 0.366 e. The molecule has 2 heterocycles. The number of rotatable bonds is 3. The first kappa shape index (κ1) is 11.0. The third kappa shape index (κ3) is 2.28. The quantitative estimate of drug-likeness (QED) is 0.704. The predicted octanol–water partition coefficient (Wildman–Crippen LogP) is 4.63. The lowest BCUT2D eigenvalue weighted by molar-refractivity contribution is 0.628. The van der Waals surface area contributed by atoms with E-state index in [2.05, 4.69) is 16.4 Å². The summed E-state index contributed by atoms with van der Waals surface area (Å²) in [5.41, 5.74) is 3.10. The second-order valence-electron chi connectivity index (χ2n) is 3.93. The number of H-pyrrole nitrogens is 1. The molecule has 3 aromatic rings. The molecule has 2 nitrogen and oxygen atoms in total. The Morgan fingerprint density at radius 2 is 1.89 bits per heavy atom. The zero-order valence-corrected chi connectivity index (χ0v) is 10.3. The Morgan fingerprint density at radius 3 is 2.61 bits per heavy atom. The maximum absolute atomic E-state index is 12.8. The fraction of sp³-hybridized carbons (Fsp3) is 0. The molecular weight excluding hydrogens is 247 g/mol. The molecule has 0 saturated carbocycles.